The number of ether oxygens (including phenoxy) is 2. The Kier molecular flexibility index (Phi) is 5.56. The normalized spacial score (nSPS) is 18.3. The fourth-order valence-corrected chi connectivity index (χ4v) is 2.55. The van der Waals surface area contributed by atoms with Gasteiger partial charge in [-0.25, -0.2) is 4.39 Å². The van der Waals surface area contributed by atoms with Crippen LogP contribution in [0.5, 0.6) is 5.75 Å². The molecule has 0 bridgehead atoms. The summed E-state index contributed by atoms with van der Waals surface area (Å²) in [6.07, 6.45) is 4.29. The van der Waals surface area contributed by atoms with Crippen molar-refractivity contribution >= 4 is 5.91 Å². The number of hydrogen-bond donors (Lipinski definition) is 0. The predicted molar refractivity (Wildman–Crippen MR) is 78.1 cm³/mol. The molecule has 0 N–H and O–H groups in total. The molecule has 2 rings (SSSR count). The number of nitrogens with zero attached hydrogens (tertiary/aromatic N) is 1. The van der Waals surface area contributed by atoms with Crippen LogP contribution in [0, 0.1) is 5.82 Å². The standard InChI is InChI=1S/C16H22FNO3/c1-18(10-9-12-6-3-4-11-21-12)16(19)15-13(17)7-5-8-14(15)20-2/h5,7-8,12H,3-4,6,9-11H2,1-2H3/t12-/m0/s1. The van der Waals surface area contributed by atoms with E-state index >= 15 is 0 Å². The Morgan fingerprint density at radius 1 is 1.48 bits per heavy atom. The lowest BCUT2D eigenvalue weighted by molar-refractivity contribution is 0.00705. The molecule has 0 saturated carbocycles. The third-order valence-electron chi connectivity index (χ3n) is 3.82. The van der Waals surface area contributed by atoms with Gasteiger partial charge in [0.15, 0.2) is 0 Å². The van der Waals surface area contributed by atoms with Gasteiger partial charge in [-0.05, 0) is 37.8 Å². The van der Waals surface area contributed by atoms with Gasteiger partial charge in [0.1, 0.15) is 17.1 Å². The van der Waals surface area contributed by atoms with Crippen molar-refractivity contribution in [2.24, 2.45) is 0 Å². The molecule has 1 heterocycles. The molecule has 21 heavy (non-hydrogen) atoms. The van der Waals surface area contributed by atoms with Crippen LogP contribution in [-0.2, 0) is 4.74 Å². The maximum Gasteiger partial charge on any atom is 0.260 e. The lowest BCUT2D eigenvalue weighted by Crippen LogP contribution is -2.32. The molecule has 1 saturated heterocycles. The summed E-state index contributed by atoms with van der Waals surface area (Å²) in [7, 11) is 3.11. The van der Waals surface area contributed by atoms with E-state index in [0.717, 1.165) is 25.9 Å². The Bertz CT molecular complexity index is 486. The van der Waals surface area contributed by atoms with Crippen molar-refractivity contribution in [3.63, 3.8) is 0 Å². The zero-order valence-corrected chi connectivity index (χ0v) is 12.6. The van der Waals surface area contributed by atoms with Gasteiger partial charge in [0, 0.05) is 20.2 Å². The van der Waals surface area contributed by atoms with Crippen molar-refractivity contribution < 1.29 is 18.7 Å². The molecule has 1 amide bonds. The minimum absolute atomic E-state index is 0.00735. The Morgan fingerprint density at radius 3 is 2.95 bits per heavy atom. The van der Waals surface area contributed by atoms with Crippen molar-refractivity contribution in [3.05, 3.63) is 29.6 Å². The van der Waals surface area contributed by atoms with Crippen LogP contribution in [0.25, 0.3) is 0 Å². The van der Waals surface area contributed by atoms with E-state index in [1.165, 1.54) is 30.6 Å². The Labute approximate surface area is 124 Å². The minimum Gasteiger partial charge on any atom is -0.496 e. The lowest BCUT2D eigenvalue weighted by Gasteiger charge is -2.25. The summed E-state index contributed by atoms with van der Waals surface area (Å²) in [6.45, 7) is 1.34. The fourth-order valence-electron chi connectivity index (χ4n) is 2.55. The van der Waals surface area contributed by atoms with Crippen molar-refractivity contribution in [1.82, 2.24) is 4.90 Å². The van der Waals surface area contributed by atoms with E-state index < -0.39 is 5.82 Å². The molecule has 116 valence electrons. The summed E-state index contributed by atoms with van der Waals surface area (Å²) in [5.74, 6) is -0.651. The van der Waals surface area contributed by atoms with Crippen molar-refractivity contribution in [2.75, 3.05) is 27.3 Å². The van der Waals surface area contributed by atoms with E-state index in [0.29, 0.717) is 6.54 Å². The number of rotatable bonds is 5. The lowest BCUT2D eigenvalue weighted by atomic mass is 10.1. The number of benzene rings is 1. The maximum absolute atomic E-state index is 13.9. The molecular formula is C16H22FNO3. The van der Waals surface area contributed by atoms with Crippen LogP contribution in [0.2, 0.25) is 0 Å². The fraction of sp³-hybridized carbons (Fsp3) is 0.562. The van der Waals surface area contributed by atoms with Gasteiger partial charge in [0.05, 0.1) is 13.2 Å². The second-order valence-corrected chi connectivity index (χ2v) is 5.32. The average Bonchev–Trinajstić information content (AvgIpc) is 2.52. The van der Waals surface area contributed by atoms with Crippen molar-refractivity contribution in [3.8, 4) is 5.75 Å². The largest absolute Gasteiger partial charge is 0.496 e. The molecule has 1 aliphatic rings. The molecule has 0 spiro atoms. The van der Waals surface area contributed by atoms with Gasteiger partial charge in [-0.2, -0.15) is 0 Å². The van der Waals surface area contributed by atoms with E-state index in [1.54, 1.807) is 13.1 Å². The first-order valence-electron chi connectivity index (χ1n) is 7.33. The highest BCUT2D eigenvalue weighted by atomic mass is 19.1. The van der Waals surface area contributed by atoms with E-state index in [2.05, 4.69) is 0 Å². The monoisotopic (exact) mass is 295 g/mol. The summed E-state index contributed by atoms with van der Waals surface area (Å²) in [5.41, 5.74) is -0.00735. The summed E-state index contributed by atoms with van der Waals surface area (Å²) in [5, 5.41) is 0. The summed E-state index contributed by atoms with van der Waals surface area (Å²) in [4.78, 5) is 13.9. The van der Waals surface area contributed by atoms with Gasteiger partial charge in [0.2, 0.25) is 0 Å². The van der Waals surface area contributed by atoms with Crippen LogP contribution in [-0.4, -0.2) is 44.2 Å². The third-order valence-corrected chi connectivity index (χ3v) is 3.82. The topological polar surface area (TPSA) is 38.8 Å². The number of carbonyl (C=O) groups is 1. The molecule has 5 heteroatoms. The van der Waals surface area contributed by atoms with Crippen LogP contribution in [0.15, 0.2) is 18.2 Å². The summed E-state index contributed by atoms with van der Waals surface area (Å²) in [6, 6.07) is 4.39. The van der Waals surface area contributed by atoms with Gasteiger partial charge in [-0.15, -0.1) is 0 Å². The van der Waals surface area contributed by atoms with Crippen LogP contribution in [0.3, 0.4) is 0 Å². The molecule has 4 nitrogen and oxygen atoms in total. The summed E-state index contributed by atoms with van der Waals surface area (Å²) >= 11 is 0. The van der Waals surface area contributed by atoms with Gasteiger partial charge >= 0.3 is 0 Å². The van der Waals surface area contributed by atoms with Crippen LogP contribution in [0.1, 0.15) is 36.0 Å². The Morgan fingerprint density at radius 2 is 2.29 bits per heavy atom. The molecule has 0 aromatic heterocycles. The van der Waals surface area contributed by atoms with Gasteiger partial charge in [-0.3, -0.25) is 4.79 Å². The summed E-state index contributed by atoms with van der Waals surface area (Å²) < 4.78 is 24.6. The molecule has 1 aliphatic heterocycles. The number of amides is 1. The molecule has 0 unspecified atom stereocenters. The Hall–Kier alpha value is -1.62. The van der Waals surface area contributed by atoms with Crippen molar-refractivity contribution in [1.29, 1.82) is 0 Å². The second kappa shape index (κ2) is 7.41. The first kappa shape index (κ1) is 15.8. The van der Waals surface area contributed by atoms with Crippen molar-refractivity contribution in [2.45, 2.75) is 31.8 Å². The van der Waals surface area contributed by atoms with Crippen LogP contribution in [0.4, 0.5) is 4.39 Å². The zero-order chi connectivity index (χ0) is 15.2. The highest BCUT2D eigenvalue weighted by molar-refractivity contribution is 5.97. The SMILES string of the molecule is COc1cccc(F)c1C(=O)N(C)CC[C@@H]1CCCCO1. The van der Waals surface area contributed by atoms with E-state index in [4.69, 9.17) is 9.47 Å². The highest BCUT2D eigenvalue weighted by Crippen LogP contribution is 2.23. The average molecular weight is 295 g/mol. The number of methoxy groups -OCH3 is 1. The zero-order valence-electron chi connectivity index (χ0n) is 12.6. The van der Waals surface area contributed by atoms with Gasteiger partial charge < -0.3 is 14.4 Å². The first-order chi connectivity index (χ1) is 10.1. The Balaban J connectivity index is 1.98. The molecule has 1 aromatic carbocycles. The number of carbonyl (C=O) groups excluding carboxylic acids is 1. The number of halogens is 1. The molecular weight excluding hydrogens is 273 g/mol. The minimum atomic E-state index is -0.555. The second-order valence-electron chi connectivity index (χ2n) is 5.32. The quantitative estimate of drug-likeness (QED) is 0.838. The van der Waals surface area contributed by atoms with Crippen LogP contribution >= 0.6 is 0 Å². The maximum atomic E-state index is 13.9. The molecule has 0 aliphatic carbocycles. The molecule has 1 fully saturated rings. The van der Waals surface area contributed by atoms with Crippen LogP contribution < -0.4 is 4.74 Å². The smallest absolute Gasteiger partial charge is 0.260 e. The van der Waals surface area contributed by atoms with E-state index in [-0.39, 0.29) is 23.3 Å². The first-order valence-corrected chi connectivity index (χ1v) is 7.33. The molecule has 1 aromatic rings. The molecule has 0 radical (unpaired) electrons. The molecule has 1 atom stereocenters. The van der Waals surface area contributed by atoms with E-state index in [9.17, 15) is 9.18 Å². The third kappa shape index (κ3) is 3.94. The predicted octanol–water partition coefficient (Wildman–Crippen LogP) is 2.87. The highest BCUT2D eigenvalue weighted by Gasteiger charge is 2.22. The van der Waals surface area contributed by atoms with E-state index in [1.807, 2.05) is 0 Å². The van der Waals surface area contributed by atoms with Gasteiger partial charge in [0.25, 0.3) is 5.91 Å². The number of hydrogen-bond acceptors (Lipinski definition) is 3. The van der Waals surface area contributed by atoms with Gasteiger partial charge in [-0.1, -0.05) is 6.07 Å².